The highest BCUT2D eigenvalue weighted by Crippen LogP contribution is 2.38. The minimum absolute atomic E-state index is 0.0119. The fraction of sp³-hybridized carbons (Fsp3) is 0.370. The molecule has 0 atom stereocenters. The van der Waals surface area contributed by atoms with E-state index in [1.165, 1.54) is 23.8 Å². The molecule has 0 aliphatic rings. The van der Waals surface area contributed by atoms with Crippen molar-refractivity contribution in [1.82, 2.24) is 9.88 Å². The van der Waals surface area contributed by atoms with Crippen molar-refractivity contribution < 1.29 is 14.3 Å². The fourth-order valence-electron chi connectivity index (χ4n) is 3.82. The number of nitrogens with zero attached hydrogens (tertiary/aromatic N) is 3. The van der Waals surface area contributed by atoms with Crippen LogP contribution in [0.4, 0.5) is 5.69 Å². The minimum atomic E-state index is -0.227. The van der Waals surface area contributed by atoms with Crippen LogP contribution in [0.25, 0.3) is 25.9 Å². The summed E-state index contributed by atoms with van der Waals surface area (Å²) in [5.74, 6) is 0.373. The van der Waals surface area contributed by atoms with Crippen LogP contribution in [-0.4, -0.2) is 49.2 Å². The van der Waals surface area contributed by atoms with Crippen molar-refractivity contribution in [2.75, 3.05) is 27.2 Å². The highest BCUT2D eigenvalue weighted by atomic mass is 32.1. The van der Waals surface area contributed by atoms with Crippen molar-refractivity contribution >= 4 is 23.0 Å². The first-order valence-corrected chi connectivity index (χ1v) is 12.2. The van der Waals surface area contributed by atoms with Crippen LogP contribution in [0.15, 0.2) is 42.6 Å². The van der Waals surface area contributed by atoms with E-state index in [9.17, 15) is 4.79 Å². The molecule has 2 aromatic carbocycles. The summed E-state index contributed by atoms with van der Waals surface area (Å²) in [6.07, 6.45) is 3.68. The fourth-order valence-corrected chi connectivity index (χ4v) is 4.78. The number of thiazole rings is 1. The zero-order chi connectivity index (χ0) is 24.7. The first kappa shape index (κ1) is 25.4. The van der Waals surface area contributed by atoms with Gasteiger partial charge in [-0.05, 0) is 62.6 Å². The second kappa shape index (κ2) is 11.8. The molecular weight excluding hydrogens is 446 g/mol. The van der Waals surface area contributed by atoms with E-state index in [-0.39, 0.29) is 18.6 Å². The molecule has 0 radical (unpaired) electrons. The number of likely N-dealkylation sites (N-methyl/N-ethyl adjacent to an activating group) is 1. The van der Waals surface area contributed by atoms with E-state index in [0.29, 0.717) is 11.4 Å². The average molecular weight is 478 g/mol. The van der Waals surface area contributed by atoms with Gasteiger partial charge in [0.05, 0.1) is 31.2 Å². The van der Waals surface area contributed by atoms with Crippen LogP contribution in [0, 0.1) is 6.57 Å². The van der Waals surface area contributed by atoms with Crippen LogP contribution in [0.5, 0.6) is 5.75 Å². The van der Waals surface area contributed by atoms with Crippen molar-refractivity contribution in [2.45, 2.75) is 39.7 Å². The maximum Gasteiger partial charge on any atom is 0.319 e. The molecule has 0 spiro atoms. The maximum absolute atomic E-state index is 11.5. The van der Waals surface area contributed by atoms with E-state index in [4.69, 9.17) is 16.0 Å². The molecule has 0 saturated carbocycles. The van der Waals surface area contributed by atoms with Crippen LogP contribution in [-0.2, 0) is 22.4 Å². The number of ether oxygens (including phenoxy) is 2. The number of hydrogen-bond donors (Lipinski definition) is 0. The first-order valence-electron chi connectivity index (χ1n) is 11.4. The predicted molar refractivity (Wildman–Crippen MR) is 138 cm³/mol. The van der Waals surface area contributed by atoms with Gasteiger partial charge in [-0.3, -0.25) is 9.69 Å². The number of hydrogen-bond acceptors (Lipinski definition) is 6. The summed E-state index contributed by atoms with van der Waals surface area (Å²) in [6.45, 7) is 14.6. The van der Waals surface area contributed by atoms with Gasteiger partial charge in [0.1, 0.15) is 10.8 Å². The number of aromatic nitrogens is 1. The summed E-state index contributed by atoms with van der Waals surface area (Å²) in [5.41, 5.74) is 5.17. The molecule has 3 aromatic rings. The number of esters is 1. The molecule has 0 unspecified atom stereocenters. The van der Waals surface area contributed by atoms with Crippen molar-refractivity contribution in [2.24, 2.45) is 0 Å². The average Bonchev–Trinajstić information content (AvgIpc) is 3.32. The topological polar surface area (TPSA) is 56.0 Å². The van der Waals surface area contributed by atoms with Gasteiger partial charge in [-0.15, -0.1) is 11.3 Å². The second-order valence-electron chi connectivity index (χ2n) is 8.35. The lowest BCUT2D eigenvalue weighted by molar-refractivity contribution is -0.141. The second-order valence-corrected chi connectivity index (χ2v) is 9.38. The molecule has 34 heavy (non-hydrogen) atoms. The highest BCUT2D eigenvalue weighted by Gasteiger charge is 2.15. The monoisotopic (exact) mass is 477 g/mol. The van der Waals surface area contributed by atoms with Crippen molar-refractivity contribution in [1.29, 1.82) is 0 Å². The zero-order valence-electron chi connectivity index (χ0n) is 20.4. The van der Waals surface area contributed by atoms with Gasteiger partial charge in [-0.25, -0.2) is 9.83 Å². The Morgan fingerprint density at radius 2 is 2.06 bits per heavy atom. The Kier molecular flexibility index (Phi) is 8.80. The van der Waals surface area contributed by atoms with Crippen molar-refractivity contribution in [3.63, 3.8) is 0 Å². The van der Waals surface area contributed by atoms with Gasteiger partial charge in [0, 0.05) is 18.3 Å². The number of carbonyl (C=O) groups is 1. The Bertz CT molecular complexity index is 1180. The lowest BCUT2D eigenvalue weighted by Gasteiger charge is -2.17. The zero-order valence-corrected chi connectivity index (χ0v) is 21.2. The Labute approximate surface area is 206 Å². The molecule has 0 N–H and O–H groups in total. The molecule has 0 saturated heterocycles. The highest BCUT2D eigenvalue weighted by molar-refractivity contribution is 7.18. The van der Waals surface area contributed by atoms with Crippen LogP contribution in [0.3, 0.4) is 0 Å². The van der Waals surface area contributed by atoms with Crippen molar-refractivity contribution in [3.8, 4) is 26.8 Å². The number of carbonyl (C=O) groups excluding carboxylic acids is 1. The molecule has 0 aliphatic carbocycles. The quantitative estimate of drug-likeness (QED) is 0.264. The SMILES string of the molecule is [C-]#[N+]c1cc(-c2ncc(-c3cccc(CCN(C)CC(=O)OC)c3CC)s2)ccc1OC(C)C. The van der Waals surface area contributed by atoms with Gasteiger partial charge < -0.3 is 9.47 Å². The van der Waals surface area contributed by atoms with Gasteiger partial charge in [-0.1, -0.05) is 31.2 Å². The van der Waals surface area contributed by atoms with Gasteiger partial charge in [0.15, 0.2) is 0 Å². The van der Waals surface area contributed by atoms with Gasteiger partial charge in [0.25, 0.3) is 0 Å². The molecule has 1 heterocycles. The van der Waals surface area contributed by atoms with E-state index in [1.54, 1.807) is 11.3 Å². The predicted octanol–water partition coefficient (Wildman–Crippen LogP) is 6.02. The normalized spacial score (nSPS) is 11.0. The first-order chi connectivity index (χ1) is 16.4. The lowest BCUT2D eigenvalue weighted by Crippen LogP contribution is -2.28. The summed E-state index contributed by atoms with van der Waals surface area (Å²) in [5, 5.41) is 0.876. The third-order valence-electron chi connectivity index (χ3n) is 5.48. The molecule has 6 nitrogen and oxygen atoms in total. The minimum Gasteiger partial charge on any atom is -0.502 e. The summed E-state index contributed by atoms with van der Waals surface area (Å²) in [7, 11) is 3.34. The Hall–Kier alpha value is -3.21. The van der Waals surface area contributed by atoms with E-state index < -0.39 is 0 Å². The van der Waals surface area contributed by atoms with Crippen LogP contribution >= 0.6 is 11.3 Å². The standard InChI is InChI=1S/C27H31N3O3S/c1-7-21-19(13-14-30(5)17-26(31)32-6)9-8-10-22(21)25-16-29-27(34-25)20-11-12-24(33-18(2)3)23(15-20)28-4/h8-12,15-16,18H,7,13-14,17H2,1-3,5-6H3. The van der Waals surface area contributed by atoms with Crippen molar-refractivity contribution in [3.05, 3.63) is 65.1 Å². The molecule has 7 heteroatoms. The molecule has 1 aromatic heterocycles. The largest absolute Gasteiger partial charge is 0.502 e. The summed E-state index contributed by atoms with van der Waals surface area (Å²) in [6, 6.07) is 12.0. The van der Waals surface area contributed by atoms with E-state index in [2.05, 4.69) is 35.0 Å². The van der Waals surface area contributed by atoms with Gasteiger partial charge in [-0.2, -0.15) is 0 Å². The molecule has 178 valence electrons. The summed E-state index contributed by atoms with van der Waals surface area (Å²) < 4.78 is 10.5. The third kappa shape index (κ3) is 6.22. The smallest absolute Gasteiger partial charge is 0.319 e. The maximum atomic E-state index is 11.5. The number of benzene rings is 2. The Morgan fingerprint density at radius 3 is 2.74 bits per heavy atom. The molecule has 3 rings (SSSR count). The molecule has 0 bridgehead atoms. The Balaban J connectivity index is 1.84. The van der Waals surface area contributed by atoms with E-state index in [1.807, 2.05) is 50.2 Å². The molecule has 0 fully saturated rings. The summed E-state index contributed by atoms with van der Waals surface area (Å²) >= 11 is 1.63. The third-order valence-corrected chi connectivity index (χ3v) is 6.56. The van der Waals surface area contributed by atoms with Crippen LogP contribution < -0.4 is 4.74 Å². The molecular formula is C27H31N3O3S. The number of rotatable bonds is 10. The van der Waals surface area contributed by atoms with Crippen LogP contribution in [0.2, 0.25) is 0 Å². The number of methoxy groups -OCH3 is 1. The van der Waals surface area contributed by atoms with Gasteiger partial charge >= 0.3 is 5.97 Å². The van der Waals surface area contributed by atoms with E-state index in [0.717, 1.165) is 34.8 Å². The van der Waals surface area contributed by atoms with Crippen LogP contribution in [0.1, 0.15) is 31.9 Å². The summed E-state index contributed by atoms with van der Waals surface area (Å²) in [4.78, 5) is 22.9. The Morgan fingerprint density at radius 1 is 1.26 bits per heavy atom. The lowest BCUT2D eigenvalue weighted by atomic mass is 9.96. The van der Waals surface area contributed by atoms with Gasteiger partial charge in [0.2, 0.25) is 5.69 Å². The molecule has 0 amide bonds. The molecule has 0 aliphatic heterocycles. The van der Waals surface area contributed by atoms with E-state index >= 15 is 0 Å².